The molecule has 0 radical (unpaired) electrons. The summed E-state index contributed by atoms with van der Waals surface area (Å²) >= 11 is 0. The van der Waals surface area contributed by atoms with Crippen LogP contribution >= 0.6 is 0 Å². The lowest BCUT2D eigenvalue weighted by atomic mass is 9.98. The molecule has 8 aromatic carbocycles. The monoisotopic (exact) mass is 705 g/mol. The summed E-state index contributed by atoms with van der Waals surface area (Å²) in [6.45, 7) is 0. The van der Waals surface area contributed by atoms with Crippen LogP contribution in [0.3, 0.4) is 0 Å². The van der Waals surface area contributed by atoms with Crippen LogP contribution in [-0.2, 0) is 0 Å². The minimum absolute atomic E-state index is 0.533. The third kappa shape index (κ3) is 4.58. The highest BCUT2D eigenvalue weighted by Crippen LogP contribution is 2.42. The lowest BCUT2D eigenvalue weighted by Gasteiger charge is -2.10. The SMILES string of the molecule is c1ccc2cc(-c3nc(-c4cccc5c4oc4ccccc45)nc(-c4cccc5oc6cc(-c7cccc8oc9ccccc9c78)ccc6c45)n3)ccc2c1. The highest BCUT2D eigenvalue weighted by Gasteiger charge is 2.21. The molecule has 6 heteroatoms. The first-order valence-corrected chi connectivity index (χ1v) is 18.3. The number of fused-ring (bicyclic) bond motifs is 10. The smallest absolute Gasteiger partial charge is 0.167 e. The Labute approximate surface area is 312 Å². The minimum atomic E-state index is 0.533. The molecule has 0 saturated heterocycles. The van der Waals surface area contributed by atoms with E-state index >= 15 is 0 Å². The number of aromatic nitrogens is 3. The van der Waals surface area contributed by atoms with Crippen molar-refractivity contribution in [2.45, 2.75) is 0 Å². The second-order valence-electron chi connectivity index (χ2n) is 13.9. The van der Waals surface area contributed by atoms with Crippen LogP contribution in [0.25, 0.3) is 122 Å². The zero-order valence-corrected chi connectivity index (χ0v) is 29.2. The van der Waals surface area contributed by atoms with Crippen LogP contribution in [0.2, 0.25) is 0 Å². The second-order valence-corrected chi connectivity index (χ2v) is 13.9. The van der Waals surface area contributed by atoms with Gasteiger partial charge in [0.2, 0.25) is 0 Å². The summed E-state index contributed by atoms with van der Waals surface area (Å²) < 4.78 is 19.3. The third-order valence-corrected chi connectivity index (χ3v) is 10.7. The van der Waals surface area contributed by atoms with Crippen LogP contribution in [-0.4, -0.2) is 15.0 Å². The summed E-state index contributed by atoms with van der Waals surface area (Å²) in [5, 5.41) is 8.43. The molecule has 4 aromatic heterocycles. The van der Waals surface area contributed by atoms with Crippen LogP contribution in [0.4, 0.5) is 0 Å². The maximum atomic E-state index is 6.62. The van der Waals surface area contributed by atoms with E-state index < -0.39 is 0 Å². The Bertz CT molecular complexity index is 3520. The summed E-state index contributed by atoms with van der Waals surface area (Å²) in [5.41, 5.74) is 9.51. The number of hydrogen-bond acceptors (Lipinski definition) is 6. The molecule has 0 N–H and O–H groups in total. The lowest BCUT2D eigenvalue weighted by Crippen LogP contribution is -2.00. The Balaban J connectivity index is 1.08. The van der Waals surface area contributed by atoms with Crippen molar-refractivity contribution >= 4 is 76.6 Å². The fourth-order valence-electron chi connectivity index (χ4n) is 8.19. The van der Waals surface area contributed by atoms with Crippen LogP contribution in [0.5, 0.6) is 0 Å². The van der Waals surface area contributed by atoms with Crippen molar-refractivity contribution in [3.8, 4) is 45.3 Å². The molecule has 6 nitrogen and oxygen atoms in total. The van der Waals surface area contributed by atoms with E-state index in [1.165, 1.54) is 0 Å². The molecule has 0 aliphatic rings. The molecule has 4 heterocycles. The molecule has 256 valence electrons. The van der Waals surface area contributed by atoms with Crippen molar-refractivity contribution in [1.29, 1.82) is 0 Å². The summed E-state index contributed by atoms with van der Waals surface area (Å²) in [5.74, 6) is 1.66. The van der Waals surface area contributed by atoms with Gasteiger partial charge in [-0.3, -0.25) is 0 Å². The van der Waals surface area contributed by atoms with Gasteiger partial charge < -0.3 is 13.3 Å². The molecule has 0 fully saturated rings. The van der Waals surface area contributed by atoms with Crippen molar-refractivity contribution < 1.29 is 13.3 Å². The molecular weight excluding hydrogens is 679 g/mol. The number of furan rings is 3. The average molecular weight is 706 g/mol. The average Bonchev–Trinajstić information content (AvgIpc) is 3.94. The van der Waals surface area contributed by atoms with Crippen LogP contribution in [0.15, 0.2) is 177 Å². The van der Waals surface area contributed by atoms with Crippen molar-refractivity contribution in [2.75, 3.05) is 0 Å². The van der Waals surface area contributed by atoms with Gasteiger partial charge in [0.25, 0.3) is 0 Å². The molecule has 12 rings (SSSR count). The molecule has 0 saturated carbocycles. The Morgan fingerprint density at radius 3 is 1.73 bits per heavy atom. The molecule has 0 spiro atoms. The fraction of sp³-hybridized carbons (Fsp3) is 0. The predicted octanol–water partition coefficient (Wildman–Crippen LogP) is 13.4. The molecular formula is C49H27N3O3. The molecule has 0 atom stereocenters. The van der Waals surface area contributed by atoms with Gasteiger partial charge in [0.15, 0.2) is 17.5 Å². The summed E-state index contributed by atoms with van der Waals surface area (Å²) in [6, 6.07) is 55.7. The van der Waals surface area contributed by atoms with Crippen molar-refractivity contribution in [3.63, 3.8) is 0 Å². The van der Waals surface area contributed by atoms with Crippen molar-refractivity contribution in [2.24, 2.45) is 0 Å². The largest absolute Gasteiger partial charge is 0.456 e. The van der Waals surface area contributed by atoms with E-state index in [-0.39, 0.29) is 0 Å². The summed E-state index contributed by atoms with van der Waals surface area (Å²) in [7, 11) is 0. The molecule has 0 amide bonds. The quantitative estimate of drug-likeness (QED) is 0.181. The van der Waals surface area contributed by atoms with Gasteiger partial charge >= 0.3 is 0 Å². The first-order chi connectivity index (χ1) is 27.2. The van der Waals surface area contributed by atoms with Gasteiger partial charge in [-0.25, -0.2) is 15.0 Å². The molecule has 12 aromatic rings. The minimum Gasteiger partial charge on any atom is -0.456 e. The topological polar surface area (TPSA) is 78.1 Å². The number of rotatable bonds is 4. The van der Waals surface area contributed by atoms with Gasteiger partial charge in [-0.2, -0.15) is 0 Å². The maximum Gasteiger partial charge on any atom is 0.167 e. The Kier molecular flexibility index (Phi) is 6.24. The molecule has 0 bridgehead atoms. The van der Waals surface area contributed by atoms with E-state index in [1.807, 2.05) is 84.9 Å². The molecule has 0 aliphatic carbocycles. The first-order valence-electron chi connectivity index (χ1n) is 18.3. The van der Waals surface area contributed by atoms with E-state index in [9.17, 15) is 0 Å². The highest BCUT2D eigenvalue weighted by atomic mass is 16.3. The Morgan fingerprint density at radius 2 is 0.873 bits per heavy atom. The zero-order chi connectivity index (χ0) is 36.0. The van der Waals surface area contributed by atoms with E-state index in [1.54, 1.807) is 0 Å². The predicted molar refractivity (Wildman–Crippen MR) is 221 cm³/mol. The van der Waals surface area contributed by atoms with Crippen molar-refractivity contribution in [1.82, 2.24) is 15.0 Å². The van der Waals surface area contributed by atoms with Crippen LogP contribution in [0.1, 0.15) is 0 Å². The van der Waals surface area contributed by atoms with Crippen molar-refractivity contribution in [3.05, 3.63) is 164 Å². The number of nitrogens with zero attached hydrogens (tertiary/aromatic N) is 3. The molecule has 55 heavy (non-hydrogen) atoms. The van der Waals surface area contributed by atoms with Gasteiger partial charge in [0.1, 0.15) is 33.5 Å². The summed E-state index contributed by atoms with van der Waals surface area (Å²) in [4.78, 5) is 15.5. The van der Waals surface area contributed by atoms with Gasteiger partial charge in [-0.15, -0.1) is 0 Å². The van der Waals surface area contributed by atoms with Gasteiger partial charge in [0.05, 0.1) is 5.56 Å². The van der Waals surface area contributed by atoms with E-state index in [0.29, 0.717) is 17.5 Å². The van der Waals surface area contributed by atoms with E-state index in [4.69, 9.17) is 28.2 Å². The zero-order valence-electron chi connectivity index (χ0n) is 29.2. The highest BCUT2D eigenvalue weighted by molar-refractivity contribution is 6.16. The second kappa shape index (κ2) is 11.5. The van der Waals surface area contributed by atoms with Crippen LogP contribution < -0.4 is 0 Å². The lowest BCUT2D eigenvalue weighted by molar-refractivity contribution is 0.668. The Morgan fingerprint density at radius 1 is 0.309 bits per heavy atom. The van der Waals surface area contributed by atoms with E-state index in [0.717, 1.165) is 104 Å². The van der Waals surface area contributed by atoms with E-state index in [2.05, 4.69) is 78.9 Å². The van der Waals surface area contributed by atoms with Gasteiger partial charge in [-0.1, -0.05) is 115 Å². The number of para-hydroxylation sites is 3. The number of hydrogen-bond donors (Lipinski definition) is 0. The normalized spacial score (nSPS) is 12.0. The van der Waals surface area contributed by atoms with Gasteiger partial charge in [0, 0.05) is 43.4 Å². The third-order valence-electron chi connectivity index (χ3n) is 10.7. The van der Waals surface area contributed by atoms with Crippen LogP contribution in [0, 0.1) is 0 Å². The van der Waals surface area contributed by atoms with Gasteiger partial charge in [-0.05, 0) is 70.4 Å². The first kappa shape index (κ1) is 29.9. The number of benzene rings is 8. The molecule has 0 aliphatic heterocycles. The fourth-order valence-corrected chi connectivity index (χ4v) is 8.19. The Hall–Kier alpha value is -7.57. The standard InChI is InChI=1S/C49H27N3O3/c1-2-11-29-26-31(23-22-28(29)10-1)47-50-48(52-49(51-47)38-17-7-15-34-33-12-3-5-18-39(33)55-46(34)38)37-16-9-21-42-45(37)36-25-24-30(27-43(36)54-42)32-14-8-20-41-44(32)35-13-4-6-19-40(35)53-41/h1-27H. The summed E-state index contributed by atoms with van der Waals surface area (Å²) in [6.07, 6.45) is 0. The maximum absolute atomic E-state index is 6.62. The molecule has 0 unspecified atom stereocenters.